The lowest BCUT2D eigenvalue weighted by atomic mass is 10.0. The van der Waals surface area contributed by atoms with Crippen LogP contribution in [0.1, 0.15) is 31.9 Å². The Bertz CT molecular complexity index is 408. The van der Waals surface area contributed by atoms with Crippen molar-refractivity contribution in [1.82, 2.24) is 4.98 Å². The minimum Gasteiger partial charge on any atom is -0.396 e. The maximum absolute atomic E-state index is 8.98. The van der Waals surface area contributed by atoms with Crippen molar-refractivity contribution in [2.75, 3.05) is 24.2 Å². The van der Waals surface area contributed by atoms with Gasteiger partial charge in [0.05, 0.1) is 5.69 Å². The van der Waals surface area contributed by atoms with Gasteiger partial charge in [-0.2, -0.15) is 5.26 Å². The van der Waals surface area contributed by atoms with E-state index in [2.05, 4.69) is 17.2 Å². The number of hydrogen-bond acceptors (Lipinski definition) is 5. The fourth-order valence-electron chi connectivity index (χ4n) is 1.85. The Labute approximate surface area is 108 Å². The zero-order valence-electron chi connectivity index (χ0n) is 10.7. The molecular weight excluding hydrogens is 228 g/mol. The van der Waals surface area contributed by atoms with Crippen LogP contribution in [0.25, 0.3) is 0 Å². The number of nitrogens with two attached hydrogens (primary N) is 1. The van der Waals surface area contributed by atoms with Gasteiger partial charge in [0, 0.05) is 13.2 Å². The Morgan fingerprint density at radius 3 is 2.89 bits per heavy atom. The summed E-state index contributed by atoms with van der Waals surface area (Å²) in [6.45, 7) is 3.07. The van der Waals surface area contributed by atoms with E-state index in [-0.39, 0.29) is 12.3 Å². The summed E-state index contributed by atoms with van der Waals surface area (Å²) in [6.07, 6.45) is 2.93. The highest BCUT2D eigenvalue weighted by molar-refractivity contribution is 5.54. The molecule has 5 heteroatoms. The van der Waals surface area contributed by atoms with Crippen molar-refractivity contribution in [1.29, 1.82) is 5.26 Å². The molecule has 1 heterocycles. The molecule has 1 atom stereocenters. The molecule has 5 nitrogen and oxygen atoms in total. The minimum atomic E-state index is 0.199. The number of nitrogens with zero attached hydrogens (tertiary/aromatic N) is 2. The second-order valence-corrected chi connectivity index (χ2v) is 4.29. The number of aromatic nitrogens is 1. The lowest BCUT2D eigenvalue weighted by Gasteiger charge is -2.16. The van der Waals surface area contributed by atoms with Crippen molar-refractivity contribution in [2.45, 2.75) is 26.2 Å². The number of nitrogen functional groups attached to an aromatic ring is 1. The molecule has 18 heavy (non-hydrogen) atoms. The zero-order chi connectivity index (χ0) is 13.4. The molecule has 1 aromatic heterocycles. The molecule has 0 spiro atoms. The fraction of sp³-hybridized carbons (Fsp3) is 0.538. The molecule has 1 rings (SSSR count). The van der Waals surface area contributed by atoms with Gasteiger partial charge in [0.2, 0.25) is 0 Å². The van der Waals surface area contributed by atoms with E-state index < -0.39 is 0 Å². The average Bonchev–Trinajstić information content (AvgIpc) is 2.38. The number of nitrogens with one attached hydrogen (secondary N) is 1. The molecule has 0 radical (unpaired) electrons. The van der Waals surface area contributed by atoms with Gasteiger partial charge in [-0.3, -0.25) is 0 Å². The van der Waals surface area contributed by atoms with Crippen molar-refractivity contribution in [3.8, 4) is 6.07 Å². The predicted octanol–water partition coefficient (Wildman–Crippen LogP) is 1.75. The number of nitriles is 1. The predicted molar refractivity (Wildman–Crippen MR) is 72.0 cm³/mol. The molecule has 0 aliphatic heterocycles. The lowest BCUT2D eigenvalue weighted by Crippen LogP contribution is -2.16. The van der Waals surface area contributed by atoms with Crippen molar-refractivity contribution in [3.05, 3.63) is 17.8 Å². The average molecular weight is 248 g/mol. The first-order valence-corrected chi connectivity index (χ1v) is 6.22. The van der Waals surface area contributed by atoms with Crippen LogP contribution in [-0.4, -0.2) is 23.2 Å². The lowest BCUT2D eigenvalue weighted by molar-refractivity contribution is 0.255. The highest BCUT2D eigenvalue weighted by Crippen LogP contribution is 2.15. The molecule has 0 fully saturated rings. The smallest absolute Gasteiger partial charge is 0.165 e. The molecule has 1 unspecified atom stereocenters. The van der Waals surface area contributed by atoms with Gasteiger partial charge in [-0.05, 0) is 30.9 Å². The van der Waals surface area contributed by atoms with Crippen LogP contribution in [0, 0.1) is 17.2 Å². The first-order valence-electron chi connectivity index (χ1n) is 6.22. The van der Waals surface area contributed by atoms with Crippen LogP contribution < -0.4 is 11.1 Å². The van der Waals surface area contributed by atoms with Gasteiger partial charge in [0.1, 0.15) is 11.9 Å². The van der Waals surface area contributed by atoms with Crippen LogP contribution >= 0.6 is 0 Å². The Hall–Kier alpha value is -1.80. The Morgan fingerprint density at radius 1 is 1.50 bits per heavy atom. The van der Waals surface area contributed by atoms with Crippen LogP contribution in [0.4, 0.5) is 11.5 Å². The molecule has 98 valence electrons. The molecule has 0 amide bonds. The Balaban J connectivity index is 2.59. The Morgan fingerprint density at radius 2 is 2.28 bits per heavy atom. The van der Waals surface area contributed by atoms with E-state index in [1.165, 1.54) is 0 Å². The van der Waals surface area contributed by atoms with Gasteiger partial charge in [-0.1, -0.05) is 13.3 Å². The van der Waals surface area contributed by atoms with Crippen LogP contribution in [0.3, 0.4) is 0 Å². The highest BCUT2D eigenvalue weighted by Gasteiger charge is 2.08. The number of anilines is 2. The van der Waals surface area contributed by atoms with E-state index in [9.17, 15) is 0 Å². The van der Waals surface area contributed by atoms with Crippen molar-refractivity contribution < 1.29 is 5.11 Å². The molecule has 0 bridgehead atoms. The third kappa shape index (κ3) is 4.22. The molecule has 0 aliphatic carbocycles. The van der Waals surface area contributed by atoms with Crippen LogP contribution in [0.5, 0.6) is 0 Å². The van der Waals surface area contributed by atoms with Crippen LogP contribution in [0.15, 0.2) is 12.1 Å². The van der Waals surface area contributed by atoms with E-state index in [1.54, 1.807) is 12.1 Å². The van der Waals surface area contributed by atoms with Gasteiger partial charge in [-0.25, -0.2) is 4.98 Å². The van der Waals surface area contributed by atoms with Gasteiger partial charge in [0.25, 0.3) is 0 Å². The van der Waals surface area contributed by atoms with E-state index in [0.717, 1.165) is 25.8 Å². The first kappa shape index (κ1) is 14.3. The van der Waals surface area contributed by atoms with Gasteiger partial charge in [0.15, 0.2) is 5.69 Å². The highest BCUT2D eigenvalue weighted by atomic mass is 16.3. The normalized spacial score (nSPS) is 11.8. The summed E-state index contributed by atoms with van der Waals surface area (Å²) in [5, 5.41) is 21.0. The molecule has 4 N–H and O–H groups in total. The Kier molecular flexibility index (Phi) is 5.95. The van der Waals surface area contributed by atoms with Crippen molar-refractivity contribution in [2.24, 2.45) is 5.92 Å². The number of aliphatic hydroxyl groups excluding tert-OH is 1. The summed E-state index contributed by atoms with van der Waals surface area (Å²) in [6, 6.07) is 5.39. The van der Waals surface area contributed by atoms with Crippen molar-refractivity contribution in [3.63, 3.8) is 0 Å². The van der Waals surface area contributed by atoms with Crippen molar-refractivity contribution >= 4 is 11.5 Å². The third-order valence-electron chi connectivity index (χ3n) is 2.84. The number of pyridine rings is 1. The summed E-state index contributed by atoms with van der Waals surface area (Å²) in [5.41, 5.74) is 6.24. The monoisotopic (exact) mass is 248 g/mol. The molecule has 0 aliphatic rings. The summed E-state index contributed by atoms with van der Waals surface area (Å²) in [5.74, 6) is 1.07. The second kappa shape index (κ2) is 7.51. The van der Waals surface area contributed by atoms with E-state index in [0.29, 0.717) is 17.4 Å². The van der Waals surface area contributed by atoms with E-state index in [1.807, 2.05) is 6.07 Å². The summed E-state index contributed by atoms with van der Waals surface area (Å²) in [4.78, 5) is 4.12. The SMILES string of the molecule is CCCC(CCO)CNc1ccc(N)c(C#N)n1. The molecule has 0 saturated carbocycles. The second-order valence-electron chi connectivity index (χ2n) is 4.29. The first-order chi connectivity index (χ1) is 8.71. The summed E-state index contributed by atoms with van der Waals surface area (Å²) < 4.78 is 0. The quantitative estimate of drug-likeness (QED) is 0.683. The largest absolute Gasteiger partial charge is 0.396 e. The summed E-state index contributed by atoms with van der Waals surface area (Å²) in [7, 11) is 0. The number of aliphatic hydroxyl groups is 1. The van der Waals surface area contributed by atoms with E-state index in [4.69, 9.17) is 16.1 Å². The molecular formula is C13H20N4O. The summed E-state index contributed by atoms with van der Waals surface area (Å²) >= 11 is 0. The van der Waals surface area contributed by atoms with Gasteiger partial charge < -0.3 is 16.2 Å². The standard InChI is InChI=1S/C13H20N4O/c1-2-3-10(6-7-18)9-16-13-5-4-11(15)12(8-14)17-13/h4-5,10,18H,2-3,6-7,9,15H2,1H3,(H,16,17). The third-order valence-corrected chi connectivity index (χ3v) is 2.84. The maximum atomic E-state index is 8.98. The van der Waals surface area contributed by atoms with E-state index >= 15 is 0 Å². The van der Waals surface area contributed by atoms with Crippen LogP contribution in [-0.2, 0) is 0 Å². The molecule has 0 saturated heterocycles. The maximum Gasteiger partial charge on any atom is 0.165 e. The van der Waals surface area contributed by atoms with Gasteiger partial charge in [-0.15, -0.1) is 0 Å². The zero-order valence-corrected chi connectivity index (χ0v) is 10.7. The van der Waals surface area contributed by atoms with Gasteiger partial charge >= 0.3 is 0 Å². The topological polar surface area (TPSA) is 95.0 Å². The molecule has 1 aromatic rings. The fourth-order valence-corrected chi connectivity index (χ4v) is 1.85. The number of rotatable bonds is 7. The molecule has 0 aromatic carbocycles. The number of hydrogen-bond donors (Lipinski definition) is 3. The van der Waals surface area contributed by atoms with Crippen LogP contribution in [0.2, 0.25) is 0 Å². The minimum absolute atomic E-state index is 0.199.